The molecule has 0 aliphatic rings. The van der Waals surface area contributed by atoms with Gasteiger partial charge in [-0.25, -0.2) is 4.99 Å². The molecule has 4 heterocycles. The van der Waals surface area contributed by atoms with Gasteiger partial charge in [0.15, 0.2) is 5.84 Å². The predicted molar refractivity (Wildman–Crippen MR) is 298 cm³/mol. The SMILES string of the molecule is C=C/C=C\c1oc2c(-c3ccc(C(=NCc4ccccc4)N=C(N)c4cccc5oc6ccc(-c7cccc8oc9ccc(-c%10ccc%11c(c%10)sc%10ccccc%10%11)cc9c78)cc6c45)cc3)cccc2c1C. The number of para-hydroxylation sites is 1. The summed E-state index contributed by atoms with van der Waals surface area (Å²) in [5.41, 5.74) is 21.3. The van der Waals surface area contributed by atoms with Crippen LogP contribution < -0.4 is 5.73 Å². The second-order valence-electron chi connectivity index (χ2n) is 17.9. The summed E-state index contributed by atoms with van der Waals surface area (Å²) in [7, 11) is 0. The van der Waals surface area contributed by atoms with E-state index in [4.69, 9.17) is 29.0 Å². The molecule has 0 saturated heterocycles. The third-order valence-electron chi connectivity index (χ3n) is 13.6. The third kappa shape index (κ3) is 7.34. The summed E-state index contributed by atoms with van der Waals surface area (Å²) >= 11 is 1.83. The number of furan rings is 3. The van der Waals surface area contributed by atoms with Crippen molar-refractivity contribution in [1.82, 2.24) is 0 Å². The Kier molecular flexibility index (Phi) is 10.2. The van der Waals surface area contributed by atoms with Crippen LogP contribution in [0.2, 0.25) is 0 Å². The highest BCUT2D eigenvalue weighted by molar-refractivity contribution is 7.25. The summed E-state index contributed by atoms with van der Waals surface area (Å²) in [4.78, 5) is 10.2. The topological polar surface area (TPSA) is 90.2 Å². The highest BCUT2D eigenvalue weighted by atomic mass is 32.1. The maximum atomic E-state index is 7.13. The van der Waals surface area contributed by atoms with Crippen LogP contribution >= 0.6 is 11.3 Å². The van der Waals surface area contributed by atoms with E-state index < -0.39 is 0 Å². The number of aryl methyl sites for hydroxylation is 1. The first-order valence-electron chi connectivity index (χ1n) is 23.6. The Labute approximate surface area is 412 Å². The quantitative estimate of drug-likeness (QED) is 0.0887. The molecule has 0 atom stereocenters. The molecule has 2 N–H and O–H groups in total. The van der Waals surface area contributed by atoms with Crippen molar-refractivity contribution < 1.29 is 13.3 Å². The highest BCUT2D eigenvalue weighted by Gasteiger charge is 2.20. The van der Waals surface area contributed by atoms with E-state index in [0.717, 1.165) is 111 Å². The first kappa shape index (κ1) is 42.1. The lowest BCUT2D eigenvalue weighted by Crippen LogP contribution is -2.17. The van der Waals surface area contributed by atoms with Gasteiger partial charge >= 0.3 is 0 Å². The van der Waals surface area contributed by atoms with Crippen LogP contribution in [0, 0.1) is 6.92 Å². The van der Waals surface area contributed by atoms with E-state index in [1.54, 1.807) is 6.08 Å². The zero-order valence-corrected chi connectivity index (χ0v) is 39.5. The largest absolute Gasteiger partial charge is 0.456 e. The Bertz CT molecular complexity index is 4350. The van der Waals surface area contributed by atoms with Gasteiger partial charge in [0.1, 0.15) is 39.5 Å². The Balaban J connectivity index is 0.890. The number of nitrogens with zero attached hydrogens (tertiary/aromatic N) is 2. The zero-order chi connectivity index (χ0) is 47.6. The van der Waals surface area contributed by atoms with Crippen molar-refractivity contribution in [2.75, 3.05) is 0 Å². The molecule has 13 aromatic rings. The minimum Gasteiger partial charge on any atom is -0.456 e. The molecule has 13 rings (SSSR count). The van der Waals surface area contributed by atoms with Gasteiger partial charge in [-0.2, -0.15) is 0 Å². The van der Waals surface area contributed by atoms with Crippen LogP contribution in [0.4, 0.5) is 0 Å². The smallest absolute Gasteiger partial charge is 0.157 e. The molecule has 0 saturated carbocycles. The maximum absolute atomic E-state index is 7.13. The molecule has 0 aliphatic heterocycles. The van der Waals surface area contributed by atoms with Crippen LogP contribution in [0.5, 0.6) is 0 Å². The van der Waals surface area contributed by atoms with Gasteiger partial charge in [-0.05, 0) is 94.9 Å². The molecule has 0 spiro atoms. The molecule has 7 heteroatoms. The van der Waals surface area contributed by atoms with E-state index in [1.165, 1.54) is 25.7 Å². The van der Waals surface area contributed by atoms with E-state index >= 15 is 0 Å². The molecule has 0 aliphatic carbocycles. The number of amidine groups is 2. The minimum atomic E-state index is 0.333. The summed E-state index contributed by atoms with van der Waals surface area (Å²) in [6.07, 6.45) is 5.59. The minimum absolute atomic E-state index is 0.333. The van der Waals surface area contributed by atoms with Crippen molar-refractivity contribution >= 4 is 104 Å². The van der Waals surface area contributed by atoms with Crippen molar-refractivity contribution in [3.8, 4) is 33.4 Å². The summed E-state index contributed by atoms with van der Waals surface area (Å²) < 4.78 is 22.0. The van der Waals surface area contributed by atoms with Gasteiger partial charge in [0.25, 0.3) is 0 Å². The van der Waals surface area contributed by atoms with Crippen LogP contribution in [0.15, 0.2) is 230 Å². The van der Waals surface area contributed by atoms with Crippen molar-refractivity contribution in [1.29, 1.82) is 0 Å². The summed E-state index contributed by atoms with van der Waals surface area (Å²) in [6.45, 7) is 6.33. The Morgan fingerprint density at radius 1 is 0.549 bits per heavy atom. The number of thiophene rings is 1. The molecule has 0 radical (unpaired) electrons. The van der Waals surface area contributed by atoms with Crippen LogP contribution in [-0.2, 0) is 6.54 Å². The number of rotatable bonds is 9. The second-order valence-corrected chi connectivity index (χ2v) is 18.9. The van der Waals surface area contributed by atoms with Gasteiger partial charge in [-0.1, -0.05) is 158 Å². The molecule has 9 aromatic carbocycles. The number of hydrogen-bond donors (Lipinski definition) is 1. The fourth-order valence-electron chi connectivity index (χ4n) is 10.1. The van der Waals surface area contributed by atoms with E-state index in [1.807, 2.05) is 72.0 Å². The molecular weight excluding hydrogens is 891 g/mol. The number of aliphatic imine (C=N–C) groups is 2. The average Bonchev–Trinajstić information content (AvgIpc) is 4.18. The fourth-order valence-corrected chi connectivity index (χ4v) is 11.2. The molecule has 338 valence electrons. The lowest BCUT2D eigenvalue weighted by molar-refractivity contribution is 0.602. The zero-order valence-electron chi connectivity index (χ0n) is 38.6. The standard InChI is InChI=1S/C64H43N3O3S/c1-3-4-20-53-38(2)45-16-10-18-47(62(45)70-53)40-24-26-41(27-25-40)64(66-37-39-13-6-5-7-14-39)67-63(65)50-19-12-22-57-61(50)52-35-44(30-33-55(52)69-57)46-17-11-21-56-60(46)51-34-42(29-32-54(51)68-56)43-28-31-49-48-15-8-9-23-58(48)71-59(49)36-43/h3-36H,1,37H2,2H3,(H2,65,66,67)/b20-4-. The van der Waals surface area contributed by atoms with Crippen molar-refractivity contribution in [3.63, 3.8) is 0 Å². The van der Waals surface area contributed by atoms with Crippen LogP contribution in [0.25, 0.3) is 114 Å². The monoisotopic (exact) mass is 933 g/mol. The summed E-state index contributed by atoms with van der Waals surface area (Å²) in [6, 6.07) is 65.3. The van der Waals surface area contributed by atoms with Crippen LogP contribution in [0.1, 0.15) is 28.0 Å². The summed E-state index contributed by atoms with van der Waals surface area (Å²) in [5, 5.41) is 7.60. The number of hydrogen-bond acceptors (Lipinski definition) is 5. The van der Waals surface area contributed by atoms with Gasteiger partial charge in [-0.3, -0.25) is 4.99 Å². The van der Waals surface area contributed by atoms with Crippen LogP contribution in [0.3, 0.4) is 0 Å². The Hall–Kier alpha value is -9.04. The van der Waals surface area contributed by atoms with Gasteiger partial charge in [0, 0.05) is 69.4 Å². The van der Waals surface area contributed by atoms with Crippen molar-refractivity contribution in [2.24, 2.45) is 15.7 Å². The van der Waals surface area contributed by atoms with Gasteiger partial charge in [0.2, 0.25) is 0 Å². The molecular formula is C64H43N3O3S. The van der Waals surface area contributed by atoms with E-state index in [-0.39, 0.29) is 0 Å². The van der Waals surface area contributed by atoms with Crippen molar-refractivity contribution in [2.45, 2.75) is 13.5 Å². The second kappa shape index (κ2) is 17.2. The highest BCUT2D eigenvalue weighted by Crippen LogP contribution is 2.43. The van der Waals surface area contributed by atoms with Gasteiger partial charge in [-0.15, -0.1) is 11.3 Å². The maximum Gasteiger partial charge on any atom is 0.157 e. The third-order valence-corrected chi connectivity index (χ3v) is 14.7. The van der Waals surface area contributed by atoms with E-state index in [9.17, 15) is 0 Å². The predicted octanol–water partition coefficient (Wildman–Crippen LogP) is 17.5. The summed E-state index contributed by atoms with van der Waals surface area (Å²) in [5.74, 6) is 1.67. The van der Waals surface area contributed by atoms with E-state index in [2.05, 4.69) is 153 Å². The van der Waals surface area contributed by atoms with Gasteiger partial charge < -0.3 is 19.0 Å². The first-order chi connectivity index (χ1) is 35.0. The lowest BCUT2D eigenvalue weighted by atomic mass is 9.95. The molecule has 0 unspecified atom stereocenters. The number of fused-ring (bicyclic) bond motifs is 10. The van der Waals surface area contributed by atoms with E-state index in [0.29, 0.717) is 18.2 Å². The lowest BCUT2D eigenvalue weighted by Gasteiger charge is -2.09. The van der Waals surface area contributed by atoms with Crippen LogP contribution in [-0.4, -0.2) is 11.7 Å². The fraction of sp³-hybridized carbons (Fsp3) is 0.0312. The van der Waals surface area contributed by atoms with Gasteiger partial charge in [0.05, 0.1) is 6.54 Å². The number of benzene rings is 9. The molecule has 4 aromatic heterocycles. The number of nitrogens with two attached hydrogens (primary N) is 1. The normalized spacial score (nSPS) is 12.6. The molecule has 0 fully saturated rings. The Morgan fingerprint density at radius 3 is 2.03 bits per heavy atom. The molecule has 6 nitrogen and oxygen atoms in total. The molecule has 71 heavy (non-hydrogen) atoms. The van der Waals surface area contributed by atoms with Crippen molar-refractivity contribution in [3.05, 3.63) is 235 Å². The number of allylic oxidation sites excluding steroid dienone is 2. The molecule has 0 bridgehead atoms. The Morgan fingerprint density at radius 2 is 1.20 bits per heavy atom. The average molecular weight is 934 g/mol. The first-order valence-corrected chi connectivity index (χ1v) is 24.4. The molecule has 0 amide bonds.